The van der Waals surface area contributed by atoms with E-state index in [2.05, 4.69) is 16.0 Å². The lowest BCUT2D eigenvalue weighted by Crippen LogP contribution is -2.62. The van der Waals surface area contributed by atoms with Crippen molar-refractivity contribution in [2.45, 2.75) is 265 Å². The lowest BCUT2D eigenvalue weighted by atomic mass is 9.74. The number of likely N-dealkylation sites (N-methyl/N-ethyl adjacent to an activating group) is 1. The molecule has 3 fully saturated rings. The maximum absolute atomic E-state index is 15.3. The smallest absolute Gasteiger partial charge is 0.407 e. The van der Waals surface area contributed by atoms with Crippen LogP contribution in [0.3, 0.4) is 0 Å². The molecular weight excluding hydrogens is 1410 g/mol. The van der Waals surface area contributed by atoms with Crippen molar-refractivity contribution in [2.75, 3.05) is 48.5 Å². The van der Waals surface area contributed by atoms with Crippen LogP contribution in [-0.4, -0.2) is 246 Å². The van der Waals surface area contributed by atoms with E-state index in [4.69, 9.17) is 56.8 Å². The Bertz CT molecular complexity index is 3590. The molecule has 5 bridgehead atoms. The van der Waals surface area contributed by atoms with Gasteiger partial charge in [-0.05, 0) is 94.8 Å². The Morgan fingerprint density at radius 3 is 1.97 bits per heavy atom. The molecule has 2 amide bonds. The van der Waals surface area contributed by atoms with Crippen LogP contribution in [0.1, 0.15) is 180 Å². The maximum atomic E-state index is 15.3. The molecule has 6 aliphatic heterocycles. The number of rotatable bonds is 15. The largest absolute Gasteiger partial charge is 0.507 e. The highest BCUT2D eigenvalue weighted by molar-refractivity contribution is 6.32. The number of hydrogen-bond acceptors (Lipinski definition) is 28. The number of amides is 2. The third-order valence-corrected chi connectivity index (χ3v) is 23.1. The summed E-state index contributed by atoms with van der Waals surface area (Å²) in [6.45, 7) is 27.6. The second-order valence-corrected chi connectivity index (χ2v) is 31.4. The summed E-state index contributed by atoms with van der Waals surface area (Å²) < 4.78 is 75.3. The van der Waals surface area contributed by atoms with Crippen molar-refractivity contribution in [1.29, 1.82) is 0 Å². The number of ketones is 4. The number of phenolic OH excluding ortho intramolecular Hbond substituents is 1. The van der Waals surface area contributed by atoms with Gasteiger partial charge in [0.1, 0.15) is 58.2 Å². The van der Waals surface area contributed by atoms with Gasteiger partial charge in [0.05, 0.1) is 83.3 Å². The topological polar surface area (TPSA) is 408 Å². The van der Waals surface area contributed by atoms with Gasteiger partial charge in [-0.25, -0.2) is 4.79 Å². The molecule has 0 aromatic heterocycles. The highest BCUT2D eigenvalue weighted by Crippen LogP contribution is 2.50. The van der Waals surface area contributed by atoms with Crippen molar-refractivity contribution in [3.8, 4) is 11.5 Å². The number of aliphatic hydroxyl groups excluding tert-OH is 4. The van der Waals surface area contributed by atoms with E-state index in [0.717, 1.165) is 6.26 Å². The molecular formula is C78H118N4O26. The first kappa shape index (κ1) is 88.4. The van der Waals surface area contributed by atoms with Gasteiger partial charge in [-0.3, -0.25) is 33.6 Å². The molecule has 8 rings (SSSR count). The molecule has 6 heterocycles. The van der Waals surface area contributed by atoms with Gasteiger partial charge in [0.25, 0.3) is 11.7 Å². The van der Waals surface area contributed by atoms with Crippen LogP contribution < -0.4 is 20.7 Å². The molecule has 0 saturated carbocycles. The van der Waals surface area contributed by atoms with Crippen molar-refractivity contribution in [3.63, 3.8) is 0 Å². The SMILES string of the molecule is CC[C@H]1OC(=O)[C@H](C)[C@@H](O[C@H]2C[C@@](C)(OC)[C@@H](OC(=O)NCCNC3=C4NC(=O)/C(C)=C\C=C\[C@H](C)[C@H](O)[C@@H](C)[C@@H](O)[C@@H](C)[C@H](OC(C)=O)[C@H](C)[C@@H](OC)/C=C/O[C@@]5(C)Oc6c(C)c(O)c(c(c6C5=O)C3=O)C4=O)[C@H](C)O2)[C@H](C)[C@@H](O[C@@H]2O[C@H](C)C[C@H](N(C)C)[C@H]2O)[C@](C)(OC)C[C@@H](C)C(=O)[C@H](C)[C@@H](O)[C@]1(C)O. The Morgan fingerprint density at radius 1 is 0.731 bits per heavy atom. The Labute approximate surface area is 633 Å². The van der Waals surface area contributed by atoms with Gasteiger partial charge in [-0.2, -0.15) is 0 Å². The van der Waals surface area contributed by atoms with E-state index in [1.807, 2.05) is 25.9 Å². The number of benzene rings is 1. The first-order valence-electron chi connectivity index (χ1n) is 37.3. The number of aromatic hydroxyl groups is 1. The Hall–Kier alpha value is -6.78. The molecule has 0 radical (unpaired) electrons. The molecule has 7 aliphatic rings. The van der Waals surface area contributed by atoms with E-state index < -0.39 is 243 Å². The zero-order valence-electron chi connectivity index (χ0n) is 66.7. The molecule has 1 aromatic carbocycles. The predicted molar refractivity (Wildman–Crippen MR) is 389 cm³/mol. The number of aliphatic hydroxyl groups is 5. The zero-order valence-corrected chi connectivity index (χ0v) is 66.7. The molecule has 1 aliphatic carbocycles. The summed E-state index contributed by atoms with van der Waals surface area (Å²) in [5.74, 6) is -16.2. The van der Waals surface area contributed by atoms with Crippen LogP contribution in [0.15, 0.2) is 47.5 Å². The fourth-order valence-corrected chi connectivity index (χ4v) is 16.2. The van der Waals surface area contributed by atoms with E-state index in [-0.39, 0.29) is 49.2 Å². The zero-order chi connectivity index (χ0) is 81.1. The monoisotopic (exact) mass is 1530 g/mol. The van der Waals surface area contributed by atoms with Gasteiger partial charge in [0, 0.05) is 113 Å². The summed E-state index contributed by atoms with van der Waals surface area (Å²) in [4.78, 5) is 117. The van der Waals surface area contributed by atoms with Gasteiger partial charge in [-0.1, -0.05) is 73.6 Å². The molecule has 30 nitrogen and oxygen atoms in total. The molecule has 3 saturated heterocycles. The number of cyclic esters (lactones) is 1. The number of phenols is 1. The Balaban J connectivity index is 1.18. The number of allylic oxidation sites excluding steroid dienone is 4. The summed E-state index contributed by atoms with van der Waals surface area (Å²) in [6.07, 6.45) is -9.73. The summed E-state index contributed by atoms with van der Waals surface area (Å²) in [6, 6.07) is -0.411. The van der Waals surface area contributed by atoms with Crippen molar-refractivity contribution >= 4 is 47.1 Å². The molecule has 27 atom stereocenters. The van der Waals surface area contributed by atoms with E-state index in [1.54, 1.807) is 82.2 Å². The molecule has 0 unspecified atom stereocenters. The number of methoxy groups -OCH3 is 3. The third-order valence-electron chi connectivity index (χ3n) is 23.1. The summed E-state index contributed by atoms with van der Waals surface area (Å²) in [5.41, 5.74) is -7.93. The fourth-order valence-electron chi connectivity index (χ4n) is 16.2. The first-order valence-corrected chi connectivity index (χ1v) is 37.3. The summed E-state index contributed by atoms with van der Waals surface area (Å²) >= 11 is 0. The minimum atomic E-state index is -2.25. The lowest BCUT2D eigenvalue weighted by molar-refractivity contribution is -0.319. The van der Waals surface area contributed by atoms with Crippen molar-refractivity contribution in [2.24, 2.45) is 47.3 Å². The minimum absolute atomic E-state index is 0.00519. The molecule has 9 N–H and O–H groups in total. The van der Waals surface area contributed by atoms with Gasteiger partial charge in [0.15, 0.2) is 18.7 Å². The third kappa shape index (κ3) is 18.4. The number of Topliss-reactive ketones (excluding diaryl/α,β-unsaturated/α-hetero) is 4. The van der Waals surface area contributed by atoms with Gasteiger partial charge < -0.3 is 108 Å². The van der Waals surface area contributed by atoms with E-state index in [9.17, 15) is 59.4 Å². The van der Waals surface area contributed by atoms with Crippen LogP contribution in [0, 0.1) is 54.3 Å². The number of fused-ring (bicyclic) bond motifs is 14. The number of esters is 2. The molecule has 30 heteroatoms. The number of hydrogen-bond donors (Lipinski definition) is 9. The summed E-state index contributed by atoms with van der Waals surface area (Å²) in [7, 11) is 7.87. The second-order valence-electron chi connectivity index (χ2n) is 31.4. The number of alkyl carbamates (subject to hydrolysis) is 1. The van der Waals surface area contributed by atoms with Crippen molar-refractivity contribution < 1.29 is 126 Å². The summed E-state index contributed by atoms with van der Waals surface area (Å²) in [5, 5.41) is 78.9. The number of nitrogens with zero attached hydrogens (tertiary/aromatic N) is 1. The highest BCUT2D eigenvalue weighted by Gasteiger charge is 2.57. The first-order chi connectivity index (χ1) is 50.3. The Morgan fingerprint density at radius 2 is 1.37 bits per heavy atom. The van der Waals surface area contributed by atoms with Crippen LogP contribution >= 0.6 is 0 Å². The van der Waals surface area contributed by atoms with Crippen molar-refractivity contribution in [3.05, 3.63) is 69.8 Å². The standard InChI is InChI=1S/C78H118N4O26/c1-24-50-77(17,96)67(91)43(10)58(85)37(4)33-75(15,98-22)69(106-73-61(88)48(82(19)20)32-38(5)101-73)44(11)65(45(12)72(94)104-50)105-51-34-76(16,99-23)70(46(13)102-51)107-74(95)80-30-29-79-55-56-63(90)53-52(62(55)89)54-66(42(9)60(53)87)108-78(18,68(54)92)100-31-28-49(97-21)39(6)64(103-47(14)83)41(8)59(86)40(7)57(84)35(2)26-25-27-36(3)71(93)81-56/h25-28,31,35,37-41,43-46,48-51,57,59,61,64-65,67,69-70,73,79,84,86-88,91,96H,24,29-30,32-34H2,1-23H3,(H,80,95)(H,81,93)/b26-25+,31-28+,36-27-/t35-,37+,38+,39+,40+,41+,43-,44-,45+,46-,48-,49-,50+,51-,57-,59+,61+,64+,65-,67+,69+,70-,73-,75+,76+,77+,78-/m0/s1. The number of nitrogens with one attached hydrogen (secondary N) is 3. The number of ether oxygens (including phenoxy) is 12. The van der Waals surface area contributed by atoms with Gasteiger partial charge in [-0.15, -0.1) is 0 Å². The van der Waals surface area contributed by atoms with Crippen LogP contribution in [0.2, 0.25) is 0 Å². The normalized spacial score (nSPS) is 40.3. The minimum Gasteiger partial charge on any atom is -0.507 e. The highest BCUT2D eigenvalue weighted by atomic mass is 16.7. The quantitative estimate of drug-likeness (QED) is 0.0574. The maximum Gasteiger partial charge on any atom is 0.407 e. The van der Waals surface area contributed by atoms with Gasteiger partial charge in [0.2, 0.25) is 11.6 Å². The van der Waals surface area contributed by atoms with Crippen LogP contribution in [0.5, 0.6) is 11.5 Å². The molecule has 108 heavy (non-hydrogen) atoms. The number of carbonyl (C=O) groups is 8. The predicted octanol–water partition coefficient (Wildman–Crippen LogP) is 5.73. The molecule has 606 valence electrons. The van der Waals surface area contributed by atoms with E-state index in [1.165, 1.54) is 81.1 Å². The average molecular weight is 1530 g/mol. The number of carbonyl (C=O) groups excluding carboxylic acids is 8. The fraction of sp³-hybridized carbons (Fsp3) is 0.718. The van der Waals surface area contributed by atoms with Crippen molar-refractivity contribution in [1.82, 2.24) is 20.9 Å². The van der Waals surface area contributed by atoms with Crippen LogP contribution in [-0.2, 0) is 71.3 Å². The van der Waals surface area contributed by atoms with Gasteiger partial charge >= 0.3 is 23.8 Å². The van der Waals surface area contributed by atoms with E-state index >= 15 is 9.59 Å². The second kappa shape index (κ2) is 35.7. The molecule has 0 spiro atoms. The van der Waals surface area contributed by atoms with Crippen LogP contribution in [0.4, 0.5) is 4.79 Å². The lowest BCUT2D eigenvalue weighted by Gasteiger charge is -2.50. The van der Waals surface area contributed by atoms with Crippen LogP contribution in [0.25, 0.3) is 0 Å². The van der Waals surface area contributed by atoms with E-state index in [0.29, 0.717) is 6.42 Å². The molecule has 1 aromatic rings. The Kier molecular flexibility index (Phi) is 29.2. The average Bonchev–Trinajstić information content (AvgIpc) is 1.52.